The van der Waals surface area contributed by atoms with E-state index >= 15 is 0 Å². The molecule has 0 spiro atoms. The van der Waals surface area contributed by atoms with Gasteiger partial charge in [-0.3, -0.25) is 0 Å². The highest BCUT2D eigenvalue weighted by Crippen LogP contribution is 2.28. The second kappa shape index (κ2) is 8.38. The molecule has 1 aromatic rings. The van der Waals surface area contributed by atoms with E-state index < -0.39 is 0 Å². The van der Waals surface area contributed by atoms with Crippen molar-refractivity contribution in [1.82, 2.24) is 0 Å². The highest BCUT2D eigenvalue weighted by atomic mass is 14.2. The van der Waals surface area contributed by atoms with Gasteiger partial charge in [0.2, 0.25) is 0 Å². The van der Waals surface area contributed by atoms with E-state index in [1.54, 1.807) is 0 Å². The standard InChI is InChI=1S/C14H22.C2H6/c1-5-6-14(11(2)3)13-9-7-12(4)8-10-13;1-2/h7-11,14H,5-6H2,1-4H3;1-2H3. The molecular formula is C16H28. The summed E-state index contributed by atoms with van der Waals surface area (Å²) >= 11 is 0. The molecule has 0 aliphatic heterocycles. The van der Waals surface area contributed by atoms with Crippen molar-refractivity contribution in [3.05, 3.63) is 35.4 Å². The van der Waals surface area contributed by atoms with Gasteiger partial charge in [0, 0.05) is 0 Å². The minimum atomic E-state index is 0.737. The Bertz CT molecular complexity index is 256. The molecule has 0 fully saturated rings. The third kappa shape index (κ3) is 4.83. The summed E-state index contributed by atoms with van der Waals surface area (Å²) in [4.78, 5) is 0. The van der Waals surface area contributed by atoms with E-state index in [1.807, 2.05) is 13.8 Å². The van der Waals surface area contributed by atoms with Crippen LogP contribution in [0, 0.1) is 12.8 Å². The molecule has 0 radical (unpaired) electrons. The first-order chi connectivity index (χ1) is 7.65. The zero-order chi connectivity index (χ0) is 12.6. The van der Waals surface area contributed by atoms with Gasteiger partial charge in [0.25, 0.3) is 0 Å². The summed E-state index contributed by atoms with van der Waals surface area (Å²) < 4.78 is 0. The summed E-state index contributed by atoms with van der Waals surface area (Å²) in [6.45, 7) is 13.1. The Balaban J connectivity index is 0.00000106. The lowest BCUT2D eigenvalue weighted by molar-refractivity contribution is 0.463. The molecule has 0 bridgehead atoms. The van der Waals surface area contributed by atoms with Gasteiger partial charge in [-0.05, 0) is 30.7 Å². The molecule has 0 saturated heterocycles. The van der Waals surface area contributed by atoms with Crippen molar-refractivity contribution in [3.8, 4) is 0 Å². The molecule has 1 atom stereocenters. The lowest BCUT2D eigenvalue weighted by Crippen LogP contribution is -2.06. The van der Waals surface area contributed by atoms with Crippen LogP contribution < -0.4 is 0 Å². The van der Waals surface area contributed by atoms with E-state index in [0.29, 0.717) is 0 Å². The topological polar surface area (TPSA) is 0 Å². The van der Waals surface area contributed by atoms with Gasteiger partial charge in [-0.1, -0.05) is 70.9 Å². The molecule has 1 rings (SSSR count). The Morgan fingerprint density at radius 3 is 1.88 bits per heavy atom. The van der Waals surface area contributed by atoms with Gasteiger partial charge in [-0.25, -0.2) is 0 Å². The van der Waals surface area contributed by atoms with Crippen molar-refractivity contribution in [1.29, 1.82) is 0 Å². The minimum absolute atomic E-state index is 0.737. The maximum atomic E-state index is 2.32. The summed E-state index contributed by atoms with van der Waals surface area (Å²) in [5.41, 5.74) is 2.86. The molecule has 1 unspecified atom stereocenters. The third-order valence-corrected chi connectivity index (χ3v) is 2.91. The monoisotopic (exact) mass is 220 g/mol. The first kappa shape index (κ1) is 15.2. The number of hydrogen-bond acceptors (Lipinski definition) is 0. The molecule has 1 aromatic carbocycles. The van der Waals surface area contributed by atoms with Crippen LogP contribution in [-0.2, 0) is 0 Å². The van der Waals surface area contributed by atoms with Crippen LogP contribution in [-0.4, -0.2) is 0 Å². The lowest BCUT2D eigenvalue weighted by atomic mass is 9.85. The van der Waals surface area contributed by atoms with Crippen LogP contribution >= 0.6 is 0 Å². The number of rotatable bonds is 4. The molecule has 0 heterocycles. The first-order valence-corrected chi connectivity index (χ1v) is 6.71. The van der Waals surface area contributed by atoms with Gasteiger partial charge in [0.15, 0.2) is 0 Å². The third-order valence-electron chi connectivity index (χ3n) is 2.91. The molecule has 0 aromatic heterocycles. The van der Waals surface area contributed by atoms with Crippen molar-refractivity contribution in [2.45, 2.75) is 60.3 Å². The Kier molecular flexibility index (Phi) is 7.97. The van der Waals surface area contributed by atoms with E-state index in [-0.39, 0.29) is 0 Å². The largest absolute Gasteiger partial charge is 0.0683 e. The average Bonchev–Trinajstić information content (AvgIpc) is 2.30. The zero-order valence-electron chi connectivity index (χ0n) is 11.9. The summed E-state index contributed by atoms with van der Waals surface area (Å²) in [6, 6.07) is 9.02. The smallest absolute Gasteiger partial charge is 0.0139 e. The fraction of sp³-hybridized carbons (Fsp3) is 0.625. The van der Waals surface area contributed by atoms with Crippen LogP contribution in [0.5, 0.6) is 0 Å². The highest BCUT2D eigenvalue weighted by Gasteiger charge is 2.13. The fourth-order valence-corrected chi connectivity index (χ4v) is 2.01. The second-order valence-corrected chi connectivity index (χ2v) is 4.55. The van der Waals surface area contributed by atoms with Crippen molar-refractivity contribution >= 4 is 0 Å². The van der Waals surface area contributed by atoms with Crippen LogP contribution in [0.3, 0.4) is 0 Å². The van der Waals surface area contributed by atoms with Gasteiger partial charge in [-0.15, -0.1) is 0 Å². The Morgan fingerprint density at radius 1 is 1.00 bits per heavy atom. The normalized spacial score (nSPS) is 11.9. The number of hydrogen-bond donors (Lipinski definition) is 0. The maximum absolute atomic E-state index is 2.32. The Labute approximate surface area is 102 Å². The Hall–Kier alpha value is -0.780. The van der Waals surface area contributed by atoms with E-state index in [9.17, 15) is 0 Å². The maximum Gasteiger partial charge on any atom is -0.0139 e. The van der Waals surface area contributed by atoms with Crippen LogP contribution in [0.4, 0.5) is 0 Å². The summed E-state index contributed by atoms with van der Waals surface area (Å²) in [5.74, 6) is 1.48. The van der Waals surface area contributed by atoms with E-state index in [0.717, 1.165) is 11.8 Å². The fourth-order valence-electron chi connectivity index (χ4n) is 2.01. The quantitative estimate of drug-likeness (QED) is 0.623. The van der Waals surface area contributed by atoms with Gasteiger partial charge in [0.1, 0.15) is 0 Å². The lowest BCUT2D eigenvalue weighted by Gasteiger charge is -2.20. The van der Waals surface area contributed by atoms with Crippen molar-refractivity contribution < 1.29 is 0 Å². The molecule has 0 heteroatoms. The van der Waals surface area contributed by atoms with Crippen LogP contribution in [0.2, 0.25) is 0 Å². The summed E-state index contributed by atoms with van der Waals surface area (Å²) in [7, 11) is 0. The number of benzene rings is 1. The molecule has 0 nitrogen and oxygen atoms in total. The second-order valence-electron chi connectivity index (χ2n) is 4.55. The minimum Gasteiger partial charge on any atom is -0.0683 e. The zero-order valence-corrected chi connectivity index (χ0v) is 11.9. The molecule has 0 aliphatic carbocycles. The van der Waals surface area contributed by atoms with Gasteiger partial charge >= 0.3 is 0 Å². The van der Waals surface area contributed by atoms with Crippen molar-refractivity contribution in [2.75, 3.05) is 0 Å². The molecular weight excluding hydrogens is 192 g/mol. The molecule has 16 heavy (non-hydrogen) atoms. The molecule has 0 amide bonds. The molecule has 0 aliphatic rings. The van der Waals surface area contributed by atoms with Gasteiger partial charge in [0.05, 0.1) is 0 Å². The predicted octanol–water partition coefficient (Wildman–Crippen LogP) is 5.56. The molecule has 92 valence electrons. The first-order valence-electron chi connectivity index (χ1n) is 6.71. The van der Waals surface area contributed by atoms with Gasteiger partial charge in [-0.2, -0.15) is 0 Å². The van der Waals surface area contributed by atoms with Crippen LogP contribution in [0.1, 0.15) is 64.5 Å². The van der Waals surface area contributed by atoms with Gasteiger partial charge < -0.3 is 0 Å². The van der Waals surface area contributed by atoms with E-state index in [2.05, 4.69) is 52.0 Å². The van der Waals surface area contributed by atoms with Crippen molar-refractivity contribution in [2.24, 2.45) is 5.92 Å². The summed E-state index contributed by atoms with van der Waals surface area (Å²) in [5, 5.41) is 0. The molecule has 0 N–H and O–H groups in total. The Morgan fingerprint density at radius 2 is 1.50 bits per heavy atom. The van der Waals surface area contributed by atoms with E-state index in [4.69, 9.17) is 0 Å². The predicted molar refractivity (Wildman–Crippen MR) is 75.0 cm³/mol. The van der Waals surface area contributed by atoms with Crippen LogP contribution in [0.15, 0.2) is 24.3 Å². The highest BCUT2D eigenvalue weighted by molar-refractivity contribution is 5.24. The number of aryl methyl sites for hydroxylation is 1. The summed E-state index contributed by atoms with van der Waals surface area (Å²) in [6.07, 6.45) is 2.58. The van der Waals surface area contributed by atoms with Crippen molar-refractivity contribution in [3.63, 3.8) is 0 Å². The molecule has 0 saturated carbocycles. The average molecular weight is 220 g/mol. The van der Waals surface area contributed by atoms with Crippen LogP contribution in [0.25, 0.3) is 0 Å². The SMILES string of the molecule is CC.CCCC(c1ccc(C)cc1)C(C)C. The van der Waals surface area contributed by atoms with E-state index in [1.165, 1.54) is 24.0 Å².